The summed E-state index contributed by atoms with van der Waals surface area (Å²) in [5.74, 6) is -0.0976. The van der Waals surface area contributed by atoms with E-state index in [1.807, 2.05) is 24.3 Å². The number of benzene rings is 1. The Labute approximate surface area is 172 Å². The minimum Gasteiger partial charge on any atom is -0.380 e. The number of hydrogen-bond donors (Lipinski definition) is 2. The quantitative estimate of drug-likeness (QED) is 0.622. The van der Waals surface area contributed by atoms with E-state index in [4.69, 9.17) is 4.74 Å². The Balaban J connectivity index is 1.72. The number of aromatic amines is 1. The highest BCUT2D eigenvalue weighted by molar-refractivity contribution is 6.05. The Kier molecular flexibility index (Phi) is 5.50. The molecule has 2 N–H and O–H groups in total. The van der Waals surface area contributed by atoms with Crippen molar-refractivity contribution in [2.45, 2.75) is 45.4 Å². The smallest absolute Gasteiger partial charge is 0.329 e. The number of amides is 1. The van der Waals surface area contributed by atoms with Crippen LogP contribution in [-0.4, -0.2) is 27.6 Å². The molecule has 1 aromatic carbocycles. The normalized spacial score (nSPS) is 13.5. The summed E-state index contributed by atoms with van der Waals surface area (Å²) in [6, 6.07) is 9.44. The number of aryl methyl sites for hydroxylation is 1. The first kappa shape index (κ1) is 20.0. The summed E-state index contributed by atoms with van der Waals surface area (Å²) in [4.78, 5) is 44.7. The number of aromatic nitrogens is 3. The molecule has 0 spiro atoms. The summed E-state index contributed by atoms with van der Waals surface area (Å²) in [6.07, 6.45) is 1.98. The number of fused-ring (bicyclic) bond motifs is 1. The molecule has 1 amide bonds. The number of ether oxygens (including phenoxy) is 1. The van der Waals surface area contributed by atoms with E-state index < -0.39 is 11.2 Å². The molecule has 0 aliphatic heterocycles. The molecule has 0 unspecified atom stereocenters. The Bertz CT molecular complexity index is 1220. The van der Waals surface area contributed by atoms with Gasteiger partial charge in [0.15, 0.2) is 5.65 Å². The van der Waals surface area contributed by atoms with E-state index in [9.17, 15) is 14.4 Å². The van der Waals surface area contributed by atoms with Crippen molar-refractivity contribution in [3.05, 3.63) is 73.6 Å². The highest BCUT2D eigenvalue weighted by Gasteiger charge is 2.28. The third kappa shape index (κ3) is 3.91. The van der Waals surface area contributed by atoms with Gasteiger partial charge in [0.25, 0.3) is 11.5 Å². The molecule has 2 heterocycles. The molecule has 1 aliphatic carbocycles. The average Bonchev–Trinajstić information content (AvgIpc) is 3.57. The number of nitrogens with one attached hydrogen (secondary N) is 2. The van der Waals surface area contributed by atoms with Crippen LogP contribution in [0.5, 0.6) is 0 Å². The van der Waals surface area contributed by atoms with Gasteiger partial charge < -0.3 is 10.1 Å². The van der Waals surface area contributed by atoms with E-state index in [0.717, 1.165) is 29.7 Å². The zero-order valence-corrected chi connectivity index (χ0v) is 17.0. The topological polar surface area (TPSA) is 106 Å². The molecule has 0 saturated heterocycles. The molecular weight excluding hydrogens is 384 g/mol. The van der Waals surface area contributed by atoms with Gasteiger partial charge in [0.2, 0.25) is 0 Å². The molecule has 4 rings (SSSR count). The fraction of sp³-hybridized carbons (Fsp3) is 0.364. The van der Waals surface area contributed by atoms with Gasteiger partial charge in [0.1, 0.15) is 0 Å². The largest absolute Gasteiger partial charge is 0.380 e. The highest BCUT2D eigenvalue weighted by Crippen LogP contribution is 2.39. The number of rotatable bonds is 7. The van der Waals surface area contributed by atoms with E-state index in [1.54, 1.807) is 20.1 Å². The summed E-state index contributed by atoms with van der Waals surface area (Å²) >= 11 is 0. The minimum atomic E-state index is -0.596. The Hall–Kier alpha value is -3.26. The van der Waals surface area contributed by atoms with Gasteiger partial charge in [0.05, 0.1) is 17.6 Å². The van der Waals surface area contributed by atoms with Crippen LogP contribution in [0.4, 0.5) is 0 Å². The molecular formula is C22H24N4O4. The Morgan fingerprint density at radius 2 is 2.03 bits per heavy atom. The molecule has 2 aromatic heterocycles. The van der Waals surface area contributed by atoms with Crippen LogP contribution >= 0.6 is 0 Å². The van der Waals surface area contributed by atoms with E-state index >= 15 is 0 Å². The Morgan fingerprint density at radius 3 is 2.73 bits per heavy atom. The van der Waals surface area contributed by atoms with Crippen molar-refractivity contribution in [3.63, 3.8) is 0 Å². The molecule has 1 aliphatic rings. The van der Waals surface area contributed by atoms with Crippen LogP contribution in [0.1, 0.15) is 52.9 Å². The van der Waals surface area contributed by atoms with Crippen molar-refractivity contribution in [3.8, 4) is 0 Å². The molecule has 8 nitrogen and oxygen atoms in total. The first-order valence-electron chi connectivity index (χ1n) is 10.0. The fourth-order valence-electron chi connectivity index (χ4n) is 3.63. The molecule has 156 valence electrons. The minimum absolute atomic E-state index is 0.145. The third-order valence-electron chi connectivity index (χ3n) is 5.28. The SMILES string of the molecule is CCn1c(=O)[nH]c(=O)c2c(C(=O)NCc3cccc(COC)c3)cc(C3CC3)nc21. The van der Waals surface area contributed by atoms with Crippen molar-refractivity contribution >= 4 is 16.9 Å². The van der Waals surface area contributed by atoms with Crippen LogP contribution in [0.3, 0.4) is 0 Å². The van der Waals surface area contributed by atoms with Crippen LogP contribution in [0.2, 0.25) is 0 Å². The molecule has 30 heavy (non-hydrogen) atoms. The predicted molar refractivity (Wildman–Crippen MR) is 113 cm³/mol. The Morgan fingerprint density at radius 1 is 1.27 bits per heavy atom. The lowest BCUT2D eigenvalue weighted by molar-refractivity contribution is 0.0952. The van der Waals surface area contributed by atoms with Crippen molar-refractivity contribution < 1.29 is 9.53 Å². The summed E-state index contributed by atoms with van der Waals surface area (Å²) in [7, 11) is 1.63. The number of nitrogens with zero attached hydrogens (tertiary/aromatic N) is 2. The average molecular weight is 408 g/mol. The van der Waals surface area contributed by atoms with Crippen molar-refractivity contribution in [1.29, 1.82) is 0 Å². The van der Waals surface area contributed by atoms with E-state index in [2.05, 4.69) is 15.3 Å². The maximum absolute atomic E-state index is 13.1. The number of hydrogen-bond acceptors (Lipinski definition) is 5. The zero-order chi connectivity index (χ0) is 21.3. The number of pyridine rings is 1. The van der Waals surface area contributed by atoms with E-state index in [0.29, 0.717) is 19.7 Å². The first-order valence-corrected chi connectivity index (χ1v) is 10.0. The summed E-state index contributed by atoms with van der Waals surface area (Å²) in [5.41, 5.74) is 2.10. The summed E-state index contributed by atoms with van der Waals surface area (Å²) in [6.45, 7) is 2.95. The number of carbonyl (C=O) groups is 1. The molecule has 1 saturated carbocycles. The highest BCUT2D eigenvalue weighted by atomic mass is 16.5. The molecule has 0 bridgehead atoms. The van der Waals surface area contributed by atoms with Gasteiger partial charge in [-0.3, -0.25) is 19.1 Å². The lowest BCUT2D eigenvalue weighted by atomic mass is 10.1. The van der Waals surface area contributed by atoms with Crippen molar-refractivity contribution in [2.24, 2.45) is 0 Å². The molecule has 1 fully saturated rings. The van der Waals surface area contributed by atoms with Crippen LogP contribution in [0, 0.1) is 0 Å². The maximum atomic E-state index is 13.1. The lowest BCUT2D eigenvalue weighted by Gasteiger charge is -2.13. The standard InChI is InChI=1S/C22H24N4O4/c1-3-26-19-18(21(28)25-22(26)29)16(10-17(24-19)15-7-8-15)20(27)23-11-13-5-4-6-14(9-13)12-30-2/h4-6,9-10,15H,3,7-8,11-12H2,1-2H3,(H,23,27)(H,25,28,29). The number of carbonyl (C=O) groups excluding carboxylic acids is 1. The maximum Gasteiger partial charge on any atom is 0.329 e. The molecule has 8 heteroatoms. The summed E-state index contributed by atoms with van der Waals surface area (Å²) in [5, 5.41) is 3.04. The van der Waals surface area contributed by atoms with Gasteiger partial charge in [0, 0.05) is 31.8 Å². The van der Waals surface area contributed by atoms with E-state index in [-0.39, 0.29) is 28.4 Å². The molecule has 0 atom stereocenters. The van der Waals surface area contributed by atoms with E-state index in [1.165, 1.54) is 4.57 Å². The van der Waals surface area contributed by atoms with Gasteiger partial charge in [-0.1, -0.05) is 24.3 Å². The van der Waals surface area contributed by atoms with Crippen molar-refractivity contribution in [2.75, 3.05) is 7.11 Å². The van der Waals surface area contributed by atoms with Crippen LogP contribution in [0.15, 0.2) is 39.9 Å². The van der Waals surface area contributed by atoms with Gasteiger partial charge in [-0.15, -0.1) is 0 Å². The lowest BCUT2D eigenvalue weighted by Crippen LogP contribution is -2.33. The van der Waals surface area contributed by atoms with Crippen LogP contribution in [0.25, 0.3) is 11.0 Å². The van der Waals surface area contributed by atoms with Crippen molar-refractivity contribution in [1.82, 2.24) is 19.9 Å². The second-order valence-corrected chi connectivity index (χ2v) is 7.51. The summed E-state index contributed by atoms with van der Waals surface area (Å²) < 4.78 is 6.55. The second kappa shape index (κ2) is 8.23. The van der Waals surface area contributed by atoms with Crippen LogP contribution < -0.4 is 16.6 Å². The van der Waals surface area contributed by atoms with Gasteiger partial charge >= 0.3 is 5.69 Å². The number of H-pyrrole nitrogens is 1. The van der Waals surface area contributed by atoms with Gasteiger partial charge in [-0.25, -0.2) is 9.78 Å². The third-order valence-corrected chi connectivity index (χ3v) is 5.28. The number of methoxy groups -OCH3 is 1. The molecule has 3 aromatic rings. The van der Waals surface area contributed by atoms with Gasteiger partial charge in [-0.2, -0.15) is 0 Å². The van der Waals surface area contributed by atoms with Gasteiger partial charge in [-0.05, 0) is 37.0 Å². The van der Waals surface area contributed by atoms with Crippen LogP contribution in [-0.2, 0) is 24.4 Å². The monoisotopic (exact) mass is 408 g/mol. The predicted octanol–water partition coefficient (Wildman–Crippen LogP) is 2.06. The second-order valence-electron chi connectivity index (χ2n) is 7.51. The fourth-order valence-corrected chi connectivity index (χ4v) is 3.63. The zero-order valence-electron chi connectivity index (χ0n) is 17.0. The first-order chi connectivity index (χ1) is 14.5. The molecule has 0 radical (unpaired) electrons.